The van der Waals surface area contributed by atoms with E-state index in [1.165, 1.54) is 24.3 Å². The molecule has 0 radical (unpaired) electrons. The highest BCUT2D eigenvalue weighted by Gasteiger charge is 2.30. The summed E-state index contributed by atoms with van der Waals surface area (Å²) in [5.74, 6) is -0.449. The molecule has 0 unspecified atom stereocenters. The Morgan fingerprint density at radius 3 is 2.05 bits per heavy atom. The maximum atomic E-state index is 13.5. The second kappa shape index (κ2) is 15.5. The first kappa shape index (κ1) is 33.6. The molecule has 234 valence electrons. The predicted molar refractivity (Wildman–Crippen MR) is 167 cm³/mol. The number of amides is 3. The van der Waals surface area contributed by atoms with E-state index in [-0.39, 0.29) is 18.0 Å². The smallest absolute Gasteiger partial charge is 0.329 e. The highest BCUT2D eigenvalue weighted by molar-refractivity contribution is 5.95. The summed E-state index contributed by atoms with van der Waals surface area (Å²) in [7, 11) is 0. The first-order valence-corrected chi connectivity index (χ1v) is 14.4. The fourth-order valence-electron chi connectivity index (χ4n) is 4.23. The maximum Gasteiger partial charge on any atom is 0.329 e. The number of urea groups is 1. The molecule has 2 atom stereocenters. The summed E-state index contributed by atoms with van der Waals surface area (Å²) in [5, 5.41) is 18.9. The fourth-order valence-corrected chi connectivity index (χ4v) is 4.23. The van der Waals surface area contributed by atoms with Gasteiger partial charge in [-0.25, -0.2) is 9.59 Å². The van der Waals surface area contributed by atoms with Crippen molar-refractivity contribution < 1.29 is 28.8 Å². The summed E-state index contributed by atoms with van der Waals surface area (Å²) in [4.78, 5) is 49.8. The van der Waals surface area contributed by atoms with Gasteiger partial charge >= 0.3 is 12.0 Å². The van der Waals surface area contributed by atoms with Gasteiger partial charge in [-0.05, 0) is 68.5 Å². The molecular weight excluding hydrogens is 564 g/mol. The highest BCUT2D eigenvalue weighted by Crippen LogP contribution is 2.18. The number of nitrogens with one attached hydrogen (secondary N) is 3. The molecule has 0 aromatic heterocycles. The van der Waals surface area contributed by atoms with Gasteiger partial charge in [-0.15, -0.1) is 0 Å². The molecular formula is C33H40N4O7. The molecule has 3 aromatic rings. The monoisotopic (exact) mass is 604 g/mol. The van der Waals surface area contributed by atoms with E-state index in [9.17, 15) is 24.5 Å². The summed E-state index contributed by atoms with van der Waals surface area (Å²) in [6, 6.07) is 19.7. The third-order valence-electron chi connectivity index (χ3n) is 6.28. The summed E-state index contributed by atoms with van der Waals surface area (Å²) < 4.78 is 11.5. The maximum absolute atomic E-state index is 13.5. The Labute approximate surface area is 257 Å². The Morgan fingerprint density at radius 2 is 1.48 bits per heavy atom. The average Bonchev–Trinajstić information content (AvgIpc) is 2.95. The minimum absolute atomic E-state index is 0.0360. The number of hydrogen-bond acceptors (Lipinski definition) is 7. The zero-order valence-corrected chi connectivity index (χ0v) is 25.7. The SMILES string of the molecule is CC(C)C[C@H](NC(=O)Nc1ccc([N+](=O)[O-])cc1)C(=O)N[C@@H](Cc1ccc(OCc2ccccc2)cc1)C(=O)OC(C)(C)C. The van der Waals surface area contributed by atoms with Crippen LogP contribution in [0, 0.1) is 16.0 Å². The van der Waals surface area contributed by atoms with E-state index in [0.29, 0.717) is 24.5 Å². The van der Waals surface area contributed by atoms with Crippen LogP contribution in [0.5, 0.6) is 5.75 Å². The minimum atomic E-state index is -1.02. The van der Waals surface area contributed by atoms with Crippen LogP contribution in [-0.2, 0) is 27.4 Å². The van der Waals surface area contributed by atoms with Crippen molar-refractivity contribution >= 4 is 29.3 Å². The van der Waals surface area contributed by atoms with Gasteiger partial charge in [-0.3, -0.25) is 14.9 Å². The standard InChI is InChI=1S/C33H40N4O7/c1-22(2)19-28(36-32(40)34-25-13-15-26(16-14-25)37(41)42)30(38)35-29(31(39)44-33(3,4)5)20-23-11-17-27(18-12-23)43-21-24-9-7-6-8-10-24/h6-18,22,28-29H,19-21H2,1-5H3,(H,35,38)(H2,34,36,40)/t28-,29-/m0/s1. The molecule has 44 heavy (non-hydrogen) atoms. The van der Waals surface area contributed by atoms with E-state index < -0.39 is 40.5 Å². The number of carbonyl (C=O) groups is 3. The molecule has 0 spiro atoms. The molecule has 0 heterocycles. The quantitative estimate of drug-likeness (QED) is 0.127. The second-order valence-corrected chi connectivity index (χ2v) is 11.8. The lowest BCUT2D eigenvalue weighted by atomic mass is 10.0. The molecule has 0 aliphatic carbocycles. The van der Waals surface area contributed by atoms with Gasteiger partial charge in [0.05, 0.1) is 4.92 Å². The van der Waals surface area contributed by atoms with Crippen molar-refractivity contribution in [3.8, 4) is 5.75 Å². The Hall–Kier alpha value is -4.93. The van der Waals surface area contributed by atoms with Gasteiger partial charge in [0, 0.05) is 24.2 Å². The van der Waals surface area contributed by atoms with Crippen LogP contribution in [0.2, 0.25) is 0 Å². The van der Waals surface area contributed by atoms with Crippen LogP contribution < -0.4 is 20.7 Å². The van der Waals surface area contributed by atoms with Gasteiger partial charge in [-0.1, -0.05) is 56.3 Å². The summed E-state index contributed by atoms with van der Waals surface area (Å²) in [6.45, 7) is 9.46. The molecule has 0 saturated carbocycles. The molecule has 0 bridgehead atoms. The Kier molecular flexibility index (Phi) is 11.8. The molecule has 3 amide bonds. The van der Waals surface area contributed by atoms with Crippen LogP contribution in [0.15, 0.2) is 78.9 Å². The van der Waals surface area contributed by atoms with Gasteiger partial charge in [0.25, 0.3) is 5.69 Å². The van der Waals surface area contributed by atoms with Crippen molar-refractivity contribution in [2.75, 3.05) is 5.32 Å². The van der Waals surface area contributed by atoms with E-state index >= 15 is 0 Å². The van der Waals surface area contributed by atoms with Crippen molar-refractivity contribution in [1.82, 2.24) is 10.6 Å². The van der Waals surface area contributed by atoms with E-state index in [2.05, 4.69) is 16.0 Å². The number of rotatable bonds is 13. The number of non-ortho nitro benzene ring substituents is 1. The second-order valence-electron chi connectivity index (χ2n) is 11.8. The third kappa shape index (κ3) is 11.4. The normalized spacial score (nSPS) is 12.5. The summed E-state index contributed by atoms with van der Waals surface area (Å²) in [5.41, 5.74) is 1.23. The zero-order chi connectivity index (χ0) is 32.3. The molecule has 3 aromatic carbocycles. The predicted octanol–water partition coefficient (Wildman–Crippen LogP) is 5.78. The largest absolute Gasteiger partial charge is 0.489 e. The van der Waals surface area contributed by atoms with Gasteiger partial charge in [0.1, 0.15) is 30.0 Å². The number of nitrogens with zero attached hydrogens (tertiary/aromatic N) is 1. The Bertz CT molecular complexity index is 1400. The number of ether oxygens (including phenoxy) is 2. The van der Waals surface area contributed by atoms with Crippen molar-refractivity contribution in [2.45, 2.75) is 71.8 Å². The van der Waals surface area contributed by atoms with Gasteiger partial charge in [0.15, 0.2) is 0 Å². The Morgan fingerprint density at radius 1 is 0.841 bits per heavy atom. The van der Waals surface area contributed by atoms with Crippen LogP contribution in [0.1, 0.15) is 52.2 Å². The number of anilines is 1. The number of nitro groups is 1. The number of hydrogen-bond donors (Lipinski definition) is 3. The Balaban J connectivity index is 1.70. The molecule has 0 fully saturated rings. The van der Waals surface area contributed by atoms with Crippen molar-refractivity contribution in [1.29, 1.82) is 0 Å². The highest BCUT2D eigenvalue weighted by atomic mass is 16.6. The van der Waals surface area contributed by atoms with Gasteiger partial charge < -0.3 is 25.4 Å². The van der Waals surface area contributed by atoms with Crippen molar-refractivity contribution in [3.05, 3.63) is 100 Å². The van der Waals surface area contributed by atoms with Crippen molar-refractivity contribution in [3.63, 3.8) is 0 Å². The molecule has 3 N–H and O–H groups in total. The molecule has 11 nitrogen and oxygen atoms in total. The van der Waals surface area contributed by atoms with Crippen LogP contribution in [0.4, 0.5) is 16.2 Å². The number of nitro benzene ring substituents is 1. The first-order chi connectivity index (χ1) is 20.8. The lowest BCUT2D eigenvalue weighted by molar-refractivity contribution is -0.384. The van der Waals surface area contributed by atoms with Gasteiger partial charge in [0.2, 0.25) is 5.91 Å². The molecule has 0 saturated heterocycles. The summed E-state index contributed by atoms with van der Waals surface area (Å²) in [6.07, 6.45) is 0.455. The molecule has 0 aliphatic heterocycles. The molecule has 3 rings (SSSR count). The van der Waals surface area contributed by atoms with E-state index in [1.807, 2.05) is 56.3 Å². The third-order valence-corrected chi connectivity index (χ3v) is 6.28. The van der Waals surface area contributed by atoms with Crippen LogP contribution in [-0.4, -0.2) is 40.5 Å². The van der Waals surface area contributed by atoms with Crippen LogP contribution in [0.3, 0.4) is 0 Å². The number of benzene rings is 3. The lowest BCUT2D eigenvalue weighted by Gasteiger charge is -2.27. The van der Waals surface area contributed by atoms with Crippen LogP contribution in [0.25, 0.3) is 0 Å². The number of esters is 1. The van der Waals surface area contributed by atoms with Crippen molar-refractivity contribution in [2.24, 2.45) is 5.92 Å². The topological polar surface area (TPSA) is 149 Å². The van der Waals surface area contributed by atoms with E-state index in [1.54, 1.807) is 32.9 Å². The van der Waals surface area contributed by atoms with E-state index in [0.717, 1.165) is 11.1 Å². The van der Waals surface area contributed by atoms with Crippen LogP contribution >= 0.6 is 0 Å². The fraction of sp³-hybridized carbons (Fsp3) is 0.364. The minimum Gasteiger partial charge on any atom is -0.489 e. The number of carbonyl (C=O) groups excluding carboxylic acids is 3. The van der Waals surface area contributed by atoms with E-state index in [4.69, 9.17) is 9.47 Å². The first-order valence-electron chi connectivity index (χ1n) is 14.4. The average molecular weight is 605 g/mol. The molecule has 0 aliphatic rings. The van der Waals surface area contributed by atoms with Gasteiger partial charge in [-0.2, -0.15) is 0 Å². The zero-order valence-electron chi connectivity index (χ0n) is 25.7. The lowest BCUT2D eigenvalue weighted by Crippen LogP contribution is -2.54. The summed E-state index contributed by atoms with van der Waals surface area (Å²) >= 11 is 0. The molecule has 11 heteroatoms.